The van der Waals surface area contributed by atoms with Crippen molar-refractivity contribution in [3.8, 4) is 5.88 Å². The monoisotopic (exact) mass is 501 g/mol. The molecule has 0 aromatic carbocycles. The Hall–Kier alpha value is -2.07. The molecule has 2 aliphatic rings. The van der Waals surface area contributed by atoms with Gasteiger partial charge >= 0.3 is 12.3 Å². The number of nitrogens with zero attached hydrogens (tertiary/aromatic N) is 2. The van der Waals surface area contributed by atoms with Gasteiger partial charge in [0.15, 0.2) is 6.61 Å². The molecule has 1 aliphatic heterocycles. The van der Waals surface area contributed by atoms with E-state index in [1.165, 1.54) is 6.07 Å². The Balaban J connectivity index is 1.47. The molecule has 7 nitrogen and oxygen atoms in total. The molecule has 1 fully saturated rings. The molecule has 1 N–H and O–H groups in total. The first-order valence-electron chi connectivity index (χ1n) is 12.3. The van der Waals surface area contributed by atoms with E-state index in [-0.39, 0.29) is 24.1 Å². The molecule has 1 atom stereocenters. The average Bonchev–Trinajstić information content (AvgIpc) is 2.97. The van der Waals surface area contributed by atoms with Crippen LogP contribution in [0.5, 0.6) is 5.88 Å². The second-order valence-electron chi connectivity index (χ2n) is 10.5. The van der Waals surface area contributed by atoms with Gasteiger partial charge in [0.25, 0.3) is 0 Å². The van der Waals surface area contributed by atoms with Gasteiger partial charge in [-0.2, -0.15) is 13.2 Å². The molecular formula is C25H38F3N3O4. The van der Waals surface area contributed by atoms with Gasteiger partial charge in [0.05, 0.1) is 6.10 Å². The summed E-state index contributed by atoms with van der Waals surface area (Å²) in [7, 11) is 1.74. The number of pyridine rings is 1. The van der Waals surface area contributed by atoms with E-state index < -0.39 is 18.4 Å². The summed E-state index contributed by atoms with van der Waals surface area (Å²) in [4.78, 5) is 18.7. The minimum atomic E-state index is -4.38. The second-order valence-corrected chi connectivity index (χ2v) is 10.5. The first-order valence-corrected chi connectivity index (χ1v) is 12.3. The summed E-state index contributed by atoms with van der Waals surface area (Å²) >= 11 is 0. The Kier molecular flexibility index (Phi) is 9.26. The molecule has 1 aromatic rings. The summed E-state index contributed by atoms with van der Waals surface area (Å²) in [5.74, 6) is 0.420. The van der Waals surface area contributed by atoms with Crippen LogP contribution < -0.4 is 10.1 Å². The van der Waals surface area contributed by atoms with Gasteiger partial charge in [-0.1, -0.05) is 6.07 Å². The molecule has 198 valence electrons. The van der Waals surface area contributed by atoms with Crippen molar-refractivity contribution in [2.24, 2.45) is 5.92 Å². The van der Waals surface area contributed by atoms with Gasteiger partial charge < -0.3 is 24.4 Å². The SMILES string of the molecule is CO[C@@H](CN1CCc2ccc(OCC(F)(F)F)nc2CC1)C1CCC(NC(=O)OC(C)(C)C)CC1. The maximum absolute atomic E-state index is 12.4. The van der Waals surface area contributed by atoms with E-state index in [2.05, 4.69) is 15.2 Å². The predicted octanol–water partition coefficient (Wildman–Crippen LogP) is 4.52. The minimum Gasteiger partial charge on any atom is -0.468 e. The van der Waals surface area contributed by atoms with Crippen molar-refractivity contribution >= 4 is 6.09 Å². The molecule has 3 rings (SSSR count). The second kappa shape index (κ2) is 11.8. The molecule has 0 bridgehead atoms. The van der Waals surface area contributed by atoms with Gasteiger partial charge in [0.1, 0.15) is 5.60 Å². The van der Waals surface area contributed by atoms with Crippen LogP contribution in [0.2, 0.25) is 0 Å². The van der Waals surface area contributed by atoms with Crippen LogP contribution in [0.3, 0.4) is 0 Å². The molecule has 0 saturated heterocycles. The van der Waals surface area contributed by atoms with Crippen LogP contribution in [-0.4, -0.2) is 73.3 Å². The summed E-state index contributed by atoms with van der Waals surface area (Å²) < 4.78 is 53.4. The largest absolute Gasteiger partial charge is 0.468 e. The summed E-state index contributed by atoms with van der Waals surface area (Å²) in [5, 5.41) is 2.98. The lowest BCUT2D eigenvalue weighted by Gasteiger charge is -2.36. The molecule has 1 aliphatic carbocycles. The van der Waals surface area contributed by atoms with Crippen molar-refractivity contribution in [1.29, 1.82) is 0 Å². The number of nitrogens with one attached hydrogen (secondary N) is 1. The highest BCUT2D eigenvalue weighted by Gasteiger charge is 2.31. The normalized spacial score (nSPS) is 22.6. The Bertz CT molecular complexity index is 836. The molecule has 1 saturated carbocycles. The maximum Gasteiger partial charge on any atom is 0.422 e. The molecule has 0 radical (unpaired) electrons. The minimum absolute atomic E-state index is 0.0149. The van der Waals surface area contributed by atoms with E-state index in [0.29, 0.717) is 12.3 Å². The molecule has 10 heteroatoms. The number of hydrogen-bond acceptors (Lipinski definition) is 6. The fourth-order valence-electron chi connectivity index (χ4n) is 4.81. The lowest BCUT2D eigenvalue weighted by molar-refractivity contribution is -0.154. The number of ether oxygens (including phenoxy) is 3. The quantitative estimate of drug-likeness (QED) is 0.592. The number of carbonyl (C=O) groups is 1. The number of alkyl halides is 3. The van der Waals surface area contributed by atoms with Crippen molar-refractivity contribution in [1.82, 2.24) is 15.2 Å². The number of hydrogen-bond donors (Lipinski definition) is 1. The highest BCUT2D eigenvalue weighted by atomic mass is 19.4. The lowest BCUT2D eigenvalue weighted by atomic mass is 9.82. The molecule has 1 amide bonds. The van der Waals surface area contributed by atoms with Gasteiger partial charge in [-0.15, -0.1) is 0 Å². The van der Waals surface area contributed by atoms with Crippen LogP contribution in [0.15, 0.2) is 12.1 Å². The number of aromatic nitrogens is 1. The van der Waals surface area contributed by atoms with Crippen molar-refractivity contribution in [3.63, 3.8) is 0 Å². The van der Waals surface area contributed by atoms with E-state index in [4.69, 9.17) is 14.2 Å². The molecular weight excluding hydrogens is 463 g/mol. The van der Waals surface area contributed by atoms with Crippen LogP contribution in [0.25, 0.3) is 0 Å². The lowest BCUT2D eigenvalue weighted by Crippen LogP contribution is -2.44. The average molecular weight is 502 g/mol. The third kappa shape index (κ3) is 9.14. The summed E-state index contributed by atoms with van der Waals surface area (Å²) in [6, 6.07) is 3.46. The summed E-state index contributed by atoms with van der Waals surface area (Å²) in [6.07, 6.45) is 0.478. The van der Waals surface area contributed by atoms with Crippen LogP contribution in [0.1, 0.15) is 57.7 Å². The molecule has 0 spiro atoms. The Morgan fingerprint density at radius 3 is 2.46 bits per heavy atom. The summed E-state index contributed by atoms with van der Waals surface area (Å²) in [6.45, 7) is 6.61. The van der Waals surface area contributed by atoms with Crippen LogP contribution in [0.4, 0.5) is 18.0 Å². The Morgan fingerprint density at radius 1 is 1.14 bits per heavy atom. The van der Waals surface area contributed by atoms with Crippen molar-refractivity contribution < 1.29 is 32.2 Å². The first kappa shape index (κ1) is 27.5. The van der Waals surface area contributed by atoms with E-state index in [9.17, 15) is 18.0 Å². The highest BCUT2D eigenvalue weighted by Crippen LogP contribution is 2.30. The summed E-state index contributed by atoms with van der Waals surface area (Å²) in [5.41, 5.74) is 1.34. The first-order chi connectivity index (χ1) is 16.4. The molecule has 2 heterocycles. The van der Waals surface area contributed by atoms with Gasteiger partial charge in [-0.25, -0.2) is 9.78 Å². The van der Waals surface area contributed by atoms with Crippen molar-refractivity contribution in [2.45, 2.75) is 83.2 Å². The van der Waals surface area contributed by atoms with Gasteiger partial charge in [-0.05, 0) is 64.4 Å². The third-order valence-electron chi connectivity index (χ3n) is 6.55. The number of fused-ring (bicyclic) bond motifs is 1. The Labute approximate surface area is 205 Å². The highest BCUT2D eigenvalue weighted by molar-refractivity contribution is 5.68. The molecule has 1 aromatic heterocycles. The van der Waals surface area contributed by atoms with E-state index >= 15 is 0 Å². The topological polar surface area (TPSA) is 72.9 Å². The zero-order valence-electron chi connectivity index (χ0n) is 21.1. The number of amides is 1. The standard InChI is InChI=1S/C25H38F3N3O4/c1-24(2,3)35-23(32)29-19-8-5-18(6-9-19)21(33-4)15-31-13-11-17-7-10-22(30-20(17)12-14-31)34-16-25(26,27)28/h7,10,18-19,21H,5-6,8-9,11-16H2,1-4H3,(H,29,32)/t18?,19?,21-/m0/s1. The van der Waals surface area contributed by atoms with Gasteiger partial charge in [-0.3, -0.25) is 0 Å². The number of rotatable bonds is 7. The predicted molar refractivity (Wildman–Crippen MR) is 126 cm³/mol. The van der Waals surface area contributed by atoms with Crippen molar-refractivity contribution in [2.75, 3.05) is 33.4 Å². The molecule has 35 heavy (non-hydrogen) atoms. The van der Waals surface area contributed by atoms with Gasteiger partial charge in [0.2, 0.25) is 5.88 Å². The van der Waals surface area contributed by atoms with Crippen LogP contribution in [-0.2, 0) is 22.3 Å². The fourth-order valence-corrected chi connectivity index (χ4v) is 4.81. The number of methoxy groups -OCH3 is 1. The Morgan fingerprint density at radius 2 is 1.83 bits per heavy atom. The molecule has 0 unspecified atom stereocenters. The van der Waals surface area contributed by atoms with E-state index in [1.807, 2.05) is 26.8 Å². The van der Waals surface area contributed by atoms with Gasteiger partial charge in [0, 0.05) is 51.0 Å². The zero-order valence-corrected chi connectivity index (χ0v) is 21.1. The van der Waals surface area contributed by atoms with E-state index in [0.717, 1.165) is 63.0 Å². The fraction of sp³-hybridized carbons (Fsp3) is 0.760. The zero-order chi connectivity index (χ0) is 25.6. The van der Waals surface area contributed by atoms with Crippen molar-refractivity contribution in [3.05, 3.63) is 23.4 Å². The number of carbonyl (C=O) groups excluding carboxylic acids is 1. The number of halogens is 3. The smallest absolute Gasteiger partial charge is 0.422 e. The maximum atomic E-state index is 12.4. The third-order valence-corrected chi connectivity index (χ3v) is 6.55. The van der Waals surface area contributed by atoms with Crippen LogP contribution in [0, 0.1) is 5.92 Å². The number of alkyl carbamates (subject to hydrolysis) is 1. The van der Waals surface area contributed by atoms with E-state index in [1.54, 1.807) is 7.11 Å². The van der Waals surface area contributed by atoms with Crippen LogP contribution >= 0.6 is 0 Å².